The Morgan fingerprint density at radius 2 is 2.14 bits per heavy atom. The molecule has 9 nitrogen and oxygen atoms in total. The van der Waals surface area contributed by atoms with E-state index in [1.807, 2.05) is 0 Å². The van der Waals surface area contributed by atoms with E-state index in [0.717, 1.165) is 0 Å². The van der Waals surface area contributed by atoms with E-state index in [2.05, 4.69) is 19.9 Å². The van der Waals surface area contributed by atoms with Crippen LogP contribution in [0.3, 0.4) is 0 Å². The Morgan fingerprint density at radius 3 is 2.90 bits per heavy atom. The molecule has 3 aromatic rings. The van der Waals surface area contributed by atoms with Gasteiger partial charge in [-0.05, 0) is 12.1 Å². The second-order valence-corrected chi connectivity index (χ2v) is 3.97. The number of H-pyrrole nitrogens is 1. The largest absolute Gasteiger partial charge is 0.496 e. The van der Waals surface area contributed by atoms with E-state index in [1.54, 1.807) is 6.07 Å². The van der Waals surface area contributed by atoms with Crippen molar-refractivity contribution in [1.82, 2.24) is 19.9 Å². The number of fused-ring (bicyclic) bond motifs is 1. The molecule has 2 aromatic heterocycles. The zero-order chi connectivity index (χ0) is 14.8. The minimum atomic E-state index is -0.552. The van der Waals surface area contributed by atoms with Crippen LogP contribution in [0, 0.1) is 10.1 Å². The Bertz CT molecular complexity index is 816. The minimum absolute atomic E-state index is 0.0513. The third-order valence-electron chi connectivity index (χ3n) is 2.76. The van der Waals surface area contributed by atoms with Gasteiger partial charge in [0.1, 0.15) is 17.6 Å². The highest BCUT2D eigenvalue weighted by Gasteiger charge is 2.19. The van der Waals surface area contributed by atoms with Crippen molar-refractivity contribution in [3.05, 3.63) is 41.0 Å². The maximum Gasteiger partial charge on any atom is 0.315 e. The Hall–Kier alpha value is -3.23. The Kier molecular flexibility index (Phi) is 3.07. The number of nitrogens with zero attached hydrogens (tertiary/aromatic N) is 4. The van der Waals surface area contributed by atoms with Crippen molar-refractivity contribution in [2.45, 2.75) is 0 Å². The van der Waals surface area contributed by atoms with Gasteiger partial charge in [0.15, 0.2) is 5.65 Å². The standard InChI is InChI=1S/C12H9N5O4/c1-20-7-2-3-9(8(4-7)17(18)19)21-12-10-11(14-5-13-10)15-6-16-12/h2-6H,1H3,(H,13,14,15,16). The molecule has 0 fully saturated rings. The number of nitrogens with one attached hydrogen (secondary N) is 1. The maximum absolute atomic E-state index is 11.1. The van der Waals surface area contributed by atoms with Gasteiger partial charge in [-0.25, -0.2) is 9.97 Å². The quantitative estimate of drug-likeness (QED) is 0.576. The zero-order valence-electron chi connectivity index (χ0n) is 10.8. The number of aromatic nitrogens is 4. The second-order valence-electron chi connectivity index (χ2n) is 3.97. The van der Waals surface area contributed by atoms with Crippen LogP contribution in [-0.4, -0.2) is 32.0 Å². The van der Waals surface area contributed by atoms with Crippen LogP contribution in [0.4, 0.5) is 5.69 Å². The molecule has 0 saturated carbocycles. The molecule has 0 amide bonds. The van der Waals surface area contributed by atoms with Gasteiger partial charge in [0, 0.05) is 0 Å². The van der Waals surface area contributed by atoms with Crippen LogP contribution in [0.25, 0.3) is 11.2 Å². The first-order valence-corrected chi connectivity index (χ1v) is 5.83. The fourth-order valence-corrected chi connectivity index (χ4v) is 1.78. The van der Waals surface area contributed by atoms with Crippen molar-refractivity contribution in [3.63, 3.8) is 0 Å². The average molecular weight is 287 g/mol. The van der Waals surface area contributed by atoms with Gasteiger partial charge < -0.3 is 14.5 Å². The average Bonchev–Trinajstić information content (AvgIpc) is 2.97. The van der Waals surface area contributed by atoms with Crippen molar-refractivity contribution < 1.29 is 14.4 Å². The van der Waals surface area contributed by atoms with Crippen LogP contribution in [0.1, 0.15) is 0 Å². The number of hydrogen-bond donors (Lipinski definition) is 1. The normalized spacial score (nSPS) is 10.5. The molecule has 0 spiro atoms. The molecule has 3 rings (SSSR count). The molecule has 21 heavy (non-hydrogen) atoms. The van der Waals surface area contributed by atoms with Crippen LogP contribution in [0.2, 0.25) is 0 Å². The summed E-state index contributed by atoms with van der Waals surface area (Å²) in [5.41, 5.74) is 0.652. The van der Waals surface area contributed by atoms with Crippen molar-refractivity contribution >= 4 is 16.9 Å². The first kappa shape index (κ1) is 12.8. The summed E-state index contributed by atoms with van der Waals surface area (Å²) in [5, 5.41) is 11.1. The molecule has 0 atom stereocenters. The fraction of sp³-hybridized carbons (Fsp3) is 0.0833. The number of benzene rings is 1. The molecule has 0 bridgehead atoms. The van der Waals surface area contributed by atoms with Gasteiger partial charge in [-0.1, -0.05) is 0 Å². The van der Waals surface area contributed by atoms with Crippen molar-refractivity contribution in [2.24, 2.45) is 0 Å². The van der Waals surface area contributed by atoms with E-state index in [4.69, 9.17) is 9.47 Å². The van der Waals surface area contributed by atoms with Gasteiger partial charge in [0.05, 0.1) is 24.4 Å². The molecule has 1 aromatic carbocycles. The lowest BCUT2D eigenvalue weighted by Gasteiger charge is -2.07. The number of nitro groups is 1. The van der Waals surface area contributed by atoms with E-state index in [0.29, 0.717) is 16.9 Å². The molecular weight excluding hydrogens is 278 g/mol. The van der Waals surface area contributed by atoms with Gasteiger partial charge >= 0.3 is 5.69 Å². The topological polar surface area (TPSA) is 116 Å². The number of nitro benzene ring substituents is 1. The predicted molar refractivity (Wildman–Crippen MR) is 71.4 cm³/mol. The number of imidazole rings is 1. The number of rotatable bonds is 4. The molecule has 1 N–H and O–H groups in total. The summed E-state index contributed by atoms with van der Waals surface area (Å²) in [6.07, 6.45) is 2.71. The highest BCUT2D eigenvalue weighted by Crippen LogP contribution is 2.35. The van der Waals surface area contributed by atoms with Crippen molar-refractivity contribution in [1.29, 1.82) is 0 Å². The van der Waals surface area contributed by atoms with Crippen LogP contribution in [-0.2, 0) is 0 Å². The molecule has 0 saturated heterocycles. The molecule has 2 heterocycles. The van der Waals surface area contributed by atoms with Gasteiger partial charge in [-0.3, -0.25) is 10.1 Å². The molecule has 0 radical (unpaired) electrons. The van der Waals surface area contributed by atoms with Crippen LogP contribution >= 0.6 is 0 Å². The highest BCUT2D eigenvalue weighted by molar-refractivity contribution is 5.75. The summed E-state index contributed by atoms with van der Waals surface area (Å²) in [4.78, 5) is 25.2. The van der Waals surface area contributed by atoms with E-state index in [-0.39, 0.29) is 17.3 Å². The second kappa shape index (κ2) is 5.04. The monoisotopic (exact) mass is 287 g/mol. The summed E-state index contributed by atoms with van der Waals surface area (Å²) < 4.78 is 10.5. The highest BCUT2D eigenvalue weighted by atomic mass is 16.6. The van der Waals surface area contributed by atoms with Gasteiger partial charge in [-0.2, -0.15) is 4.98 Å². The van der Waals surface area contributed by atoms with Gasteiger partial charge in [-0.15, -0.1) is 0 Å². The van der Waals surface area contributed by atoms with Gasteiger partial charge in [0.2, 0.25) is 11.6 Å². The number of ether oxygens (including phenoxy) is 2. The lowest BCUT2D eigenvalue weighted by molar-refractivity contribution is -0.385. The third-order valence-corrected chi connectivity index (χ3v) is 2.76. The van der Waals surface area contributed by atoms with E-state index < -0.39 is 4.92 Å². The molecule has 106 valence electrons. The smallest absolute Gasteiger partial charge is 0.315 e. The molecule has 0 unspecified atom stereocenters. The third kappa shape index (κ3) is 2.31. The molecule has 0 aliphatic rings. The molecular formula is C12H9N5O4. The molecule has 0 aliphatic heterocycles. The van der Waals surface area contributed by atoms with Crippen molar-refractivity contribution in [3.8, 4) is 17.4 Å². The first-order chi connectivity index (χ1) is 10.2. The van der Waals surface area contributed by atoms with Gasteiger partial charge in [0.25, 0.3) is 0 Å². The Balaban J connectivity index is 2.05. The lowest BCUT2D eigenvalue weighted by Crippen LogP contribution is -1.96. The van der Waals surface area contributed by atoms with E-state index >= 15 is 0 Å². The molecule has 9 heteroatoms. The summed E-state index contributed by atoms with van der Waals surface area (Å²) in [7, 11) is 1.43. The Morgan fingerprint density at radius 1 is 1.29 bits per heavy atom. The summed E-state index contributed by atoms with van der Waals surface area (Å²) in [5.74, 6) is 0.574. The van der Waals surface area contributed by atoms with E-state index in [9.17, 15) is 10.1 Å². The van der Waals surface area contributed by atoms with Crippen LogP contribution < -0.4 is 9.47 Å². The lowest BCUT2D eigenvalue weighted by atomic mass is 10.3. The van der Waals surface area contributed by atoms with Crippen LogP contribution in [0.5, 0.6) is 17.4 Å². The Labute approximate surface area is 117 Å². The SMILES string of the molecule is COc1ccc(Oc2ncnc3nc[nH]c23)c([N+](=O)[O-])c1. The summed E-state index contributed by atoms with van der Waals surface area (Å²) >= 11 is 0. The van der Waals surface area contributed by atoms with Crippen LogP contribution in [0.15, 0.2) is 30.9 Å². The fourth-order valence-electron chi connectivity index (χ4n) is 1.78. The van der Waals surface area contributed by atoms with E-state index in [1.165, 1.54) is 31.9 Å². The number of methoxy groups -OCH3 is 1. The zero-order valence-corrected chi connectivity index (χ0v) is 10.8. The molecule has 0 aliphatic carbocycles. The first-order valence-electron chi connectivity index (χ1n) is 5.83. The maximum atomic E-state index is 11.1. The summed E-state index contributed by atoms with van der Waals surface area (Å²) in [6, 6.07) is 4.29. The minimum Gasteiger partial charge on any atom is -0.496 e. The predicted octanol–water partition coefficient (Wildman–Crippen LogP) is 2.06. The number of hydrogen-bond acceptors (Lipinski definition) is 7. The van der Waals surface area contributed by atoms with Crippen molar-refractivity contribution in [2.75, 3.05) is 7.11 Å². The number of aromatic amines is 1. The summed E-state index contributed by atoms with van der Waals surface area (Å²) in [6.45, 7) is 0.